The van der Waals surface area contributed by atoms with Crippen LogP contribution in [-0.2, 0) is 39.0 Å². The van der Waals surface area contributed by atoms with E-state index in [0.717, 1.165) is 24.3 Å². The van der Waals surface area contributed by atoms with Crippen LogP contribution >= 0.6 is 47.3 Å². The van der Waals surface area contributed by atoms with Gasteiger partial charge in [0.1, 0.15) is 31.6 Å². The number of aromatic nitrogens is 2. The molecule has 0 aliphatic carbocycles. The van der Waals surface area contributed by atoms with E-state index in [2.05, 4.69) is 44.3 Å². The summed E-state index contributed by atoms with van der Waals surface area (Å²) in [6.45, 7) is 0. The van der Waals surface area contributed by atoms with Crippen molar-refractivity contribution in [3.8, 4) is 5.75 Å². The van der Waals surface area contributed by atoms with Gasteiger partial charge < -0.3 is 30.0 Å². The van der Waals surface area contributed by atoms with Gasteiger partial charge in [0.2, 0.25) is 0 Å². The molecule has 0 atom stereocenters. The predicted octanol–water partition coefficient (Wildman–Crippen LogP) is -7.10. The van der Waals surface area contributed by atoms with Crippen LogP contribution in [0.25, 0.3) is 32.6 Å². The largest absolute Gasteiger partial charge is 1.00 e. The number of carbonyl (C=O) groups is 1. The van der Waals surface area contributed by atoms with E-state index in [0.29, 0.717) is 11.0 Å². The number of fused-ring (bicyclic) bond motifs is 3. The summed E-state index contributed by atoms with van der Waals surface area (Å²) < 4.78 is 82.2. The minimum Gasteiger partial charge on any atom is -0.744 e. The second-order valence-electron chi connectivity index (χ2n) is 10.4. The number of azo groups is 1. The first-order chi connectivity index (χ1) is 25.6. The molecule has 0 aliphatic heterocycles. The Labute approximate surface area is 433 Å². The van der Waals surface area contributed by atoms with Crippen LogP contribution in [0.1, 0.15) is 10.4 Å². The molecule has 1 amide bonds. The number of amides is 1. The maximum atomic E-state index is 13.1. The van der Waals surface area contributed by atoms with Gasteiger partial charge in [-0.1, -0.05) is 29.3 Å². The topological polar surface area (TPSA) is 297 Å². The quantitative estimate of drug-likeness (QED) is 0.0288. The molecule has 0 spiro atoms. The fourth-order valence-corrected chi connectivity index (χ4v) is 7.88. The van der Waals surface area contributed by atoms with Crippen LogP contribution < -0.4 is 134 Å². The Morgan fingerprint density at radius 1 is 0.741 bits per heavy atom. The van der Waals surface area contributed by atoms with Crippen molar-refractivity contribution >= 4 is 123 Å². The first-order valence-corrected chi connectivity index (χ1v) is 19.1. The summed E-state index contributed by atoms with van der Waals surface area (Å²) in [6.07, 6.45) is 0. The zero-order valence-corrected chi connectivity index (χ0v) is 42.6. The van der Waals surface area contributed by atoms with Crippen LogP contribution in [0, 0.1) is 0 Å². The summed E-state index contributed by atoms with van der Waals surface area (Å²) >= 11 is 12.2. The van der Waals surface area contributed by atoms with Crippen LogP contribution in [0.15, 0.2) is 96.5 Å². The second kappa shape index (κ2) is 22.9. The molecule has 58 heavy (non-hydrogen) atoms. The Kier molecular flexibility index (Phi) is 21.2. The van der Waals surface area contributed by atoms with Gasteiger partial charge in [-0.25, -0.2) is 26.8 Å². The molecule has 0 aliphatic rings. The number of halogens is 2. The summed E-state index contributed by atoms with van der Waals surface area (Å²) in [5, 5.41) is 48.5. The first-order valence-electron chi connectivity index (χ1n) is 14.0. The molecule has 6 rings (SSSR count). The molecule has 0 unspecified atom stereocenters. The molecule has 5 aromatic carbocycles. The molecule has 0 saturated carbocycles. The van der Waals surface area contributed by atoms with Gasteiger partial charge in [0.15, 0.2) is 16.1 Å². The van der Waals surface area contributed by atoms with Gasteiger partial charge in [0, 0.05) is 32.3 Å². The van der Waals surface area contributed by atoms with Gasteiger partial charge in [0.05, 0.1) is 49.8 Å². The molecule has 19 nitrogen and oxygen atoms in total. The third-order valence-electron chi connectivity index (χ3n) is 7.24. The van der Waals surface area contributed by atoms with Crippen molar-refractivity contribution in [2.75, 3.05) is 5.32 Å². The van der Waals surface area contributed by atoms with Gasteiger partial charge in [-0.05, 0) is 66.0 Å². The van der Waals surface area contributed by atoms with Gasteiger partial charge in [-0.2, -0.15) is 8.67 Å². The van der Waals surface area contributed by atoms with Crippen molar-refractivity contribution in [1.82, 2.24) is 9.97 Å². The molecular weight excluding hydrogens is 933 g/mol. The van der Waals surface area contributed by atoms with Crippen LogP contribution in [-0.4, -0.2) is 46.9 Å². The maximum absolute atomic E-state index is 13.1. The summed E-state index contributed by atoms with van der Waals surface area (Å²) in [5.41, 5.74) is 0.00625. The molecule has 0 bridgehead atoms. The molecule has 1 heterocycles. The third kappa shape index (κ3) is 12.4. The number of hydrogen-bond acceptors (Lipinski definition) is 20. The molecule has 280 valence electrons. The summed E-state index contributed by atoms with van der Waals surface area (Å²) in [6, 6.07) is 13.5. The molecule has 0 radical (unpaired) electrons. The summed E-state index contributed by atoms with van der Waals surface area (Å²) in [7, 11) is -10.8. The monoisotopic (exact) mass is 945 g/mol. The second-order valence-corrected chi connectivity index (χ2v) is 15.3. The minimum atomic E-state index is -5.53. The first kappa shape index (κ1) is 53.8. The van der Waals surface area contributed by atoms with E-state index in [1.807, 2.05) is 0 Å². The van der Waals surface area contributed by atoms with Crippen molar-refractivity contribution in [1.29, 1.82) is 0 Å². The molecule has 6 aromatic rings. The van der Waals surface area contributed by atoms with E-state index >= 15 is 0 Å². The average Bonchev–Trinajstić information content (AvgIpc) is 3.11. The summed E-state index contributed by atoms with van der Waals surface area (Å²) in [4.78, 5) is 18.7. The van der Waals surface area contributed by atoms with Crippen LogP contribution in [0.3, 0.4) is 0 Å². The SMILES string of the molecule is O=C(Nc1ccc2c(O)c(N=Nc3ccc4c(S(=O)(=O)[O-])cc(SOO[O-])cc4c3S(=O)(=O)[O-])c(SOO[O-])cc2c1)c1ccc2nc(Cl)c(Cl)nc2c1.[Na+].[Na+].[Na+].[Na+]. The third-order valence-corrected chi connectivity index (χ3v) is 10.8. The molecule has 0 fully saturated rings. The van der Waals surface area contributed by atoms with Crippen LogP contribution in [0.2, 0.25) is 10.3 Å². The van der Waals surface area contributed by atoms with Gasteiger partial charge >= 0.3 is 118 Å². The van der Waals surface area contributed by atoms with Crippen molar-refractivity contribution in [3.05, 3.63) is 82.6 Å². The fraction of sp³-hybridized carbons (Fsp3) is 0. The van der Waals surface area contributed by atoms with E-state index < -0.39 is 63.8 Å². The number of phenolic OH excluding ortho intramolecular Hbond substituents is 1. The van der Waals surface area contributed by atoms with Gasteiger partial charge in [-0.15, -0.1) is 10.2 Å². The van der Waals surface area contributed by atoms with Crippen LogP contribution in [0.5, 0.6) is 5.75 Å². The molecular formula is C29H13Cl2N5Na4O14S4. The molecule has 0 saturated heterocycles. The van der Waals surface area contributed by atoms with E-state index in [-0.39, 0.29) is 184 Å². The van der Waals surface area contributed by atoms with Crippen molar-refractivity contribution in [3.63, 3.8) is 0 Å². The number of benzene rings is 5. The Morgan fingerprint density at radius 2 is 1.38 bits per heavy atom. The maximum Gasteiger partial charge on any atom is 1.00 e. The number of rotatable bonds is 12. The average molecular weight is 947 g/mol. The van der Waals surface area contributed by atoms with Crippen LogP contribution in [0.4, 0.5) is 17.1 Å². The number of nitrogens with zero attached hydrogens (tertiary/aromatic N) is 4. The Hall–Kier alpha value is -0.310. The van der Waals surface area contributed by atoms with Gasteiger partial charge in [-0.3, -0.25) is 14.9 Å². The minimum absolute atomic E-state index is 0. The number of nitrogens with one attached hydrogen (secondary N) is 1. The van der Waals surface area contributed by atoms with Gasteiger partial charge in [0.25, 0.3) is 5.91 Å². The Bertz CT molecular complexity index is 2780. The molecule has 1 aromatic heterocycles. The van der Waals surface area contributed by atoms with Crippen molar-refractivity contribution < 1.29 is 183 Å². The number of anilines is 1. The standard InChI is InChI=1S/C29H17Cl2N5O14S4.4Na/c30-27-28(31)34-21-8-12(1-5-19(21)33-27)29(38)32-14-2-3-16-13(7-14)9-22(52-50-48-40)24(25(16)37)36-35-20-6-4-17-18(26(20)54(44,45)46)10-15(51-49-47-39)11-23(17)53(41,42)43;;;;/h1-11,37,39-40H,(H,32,38)(H,41,42,43)(H,44,45,46);;;;/q;4*+1/p-4. The number of phenols is 1. The Balaban J connectivity index is 0.00000290. The van der Waals surface area contributed by atoms with Crippen molar-refractivity contribution in [2.24, 2.45) is 10.2 Å². The van der Waals surface area contributed by atoms with E-state index in [9.17, 15) is 46.4 Å². The number of hydrogen-bond donors (Lipinski definition) is 2. The van der Waals surface area contributed by atoms with E-state index in [1.165, 1.54) is 42.5 Å². The normalized spacial score (nSPS) is 11.5. The molecule has 2 N–H and O–H groups in total. The zero-order valence-electron chi connectivity index (χ0n) is 29.8. The number of carbonyl (C=O) groups excluding carboxylic acids is 1. The predicted molar refractivity (Wildman–Crippen MR) is 183 cm³/mol. The smallest absolute Gasteiger partial charge is 0.744 e. The van der Waals surface area contributed by atoms with Crippen molar-refractivity contribution in [2.45, 2.75) is 19.6 Å². The van der Waals surface area contributed by atoms with E-state index in [4.69, 9.17) is 23.2 Å². The van der Waals surface area contributed by atoms with E-state index in [1.54, 1.807) is 0 Å². The number of aromatic hydroxyl groups is 1. The Morgan fingerprint density at radius 3 is 2.02 bits per heavy atom. The summed E-state index contributed by atoms with van der Waals surface area (Å²) in [5.74, 6) is -1.16. The molecule has 29 heteroatoms. The fourth-order valence-electron chi connectivity index (χ4n) is 5.09. The zero-order chi connectivity index (χ0) is 38.9.